The second-order valence-electron chi connectivity index (χ2n) is 4.62. The van der Waals surface area contributed by atoms with Crippen LogP contribution in [0, 0.1) is 0 Å². The van der Waals surface area contributed by atoms with E-state index < -0.39 is 0 Å². The van der Waals surface area contributed by atoms with Crippen LogP contribution in [0.3, 0.4) is 0 Å². The number of pyridine rings is 1. The number of nitrogens with zero attached hydrogens (tertiary/aromatic N) is 3. The highest BCUT2D eigenvalue weighted by Gasteiger charge is 2.17. The normalized spacial score (nSPS) is 12.4. The van der Waals surface area contributed by atoms with Gasteiger partial charge in [0.1, 0.15) is 5.82 Å². The quantitative estimate of drug-likeness (QED) is 0.827. The molecule has 6 nitrogen and oxygen atoms in total. The molecule has 2 rings (SSSR count). The van der Waals surface area contributed by atoms with Crippen molar-refractivity contribution in [3.63, 3.8) is 0 Å². The fourth-order valence-corrected chi connectivity index (χ4v) is 2.26. The standard InChI is InChI=1S/C13H17N5OS/c1-8(2)11-15-13(18-17-11)16-12(19)9(3)20-10-6-4-5-7-14-10/h4-9H,1-3H3,(H2,15,16,17,18,19). The highest BCUT2D eigenvalue weighted by molar-refractivity contribution is 8.00. The number of aromatic amines is 1. The second-order valence-corrected chi connectivity index (χ2v) is 5.98. The van der Waals surface area contributed by atoms with Crippen LogP contribution in [0.1, 0.15) is 32.5 Å². The van der Waals surface area contributed by atoms with Crippen LogP contribution >= 0.6 is 11.8 Å². The average molecular weight is 291 g/mol. The number of rotatable bonds is 5. The van der Waals surface area contributed by atoms with Crippen LogP contribution in [0.4, 0.5) is 5.95 Å². The lowest BCUT2D eigenvalue weighted by molar-refractivity contribution is -0.115. The molecule has 2 aromatic rings. The summed E-state index contributed by atoms with van der Waals surface area (Å²) in [5.74, 6) is 1.17. The number of anilines is 1. The van der Waals surface area contributed by atoms with Crippen molar-refractivity contribution in [3.05, 3.63) is 30.2 Å². The van der Waals surface area contributed by atoms with E-state index in [1.165, 1.54) is 11.8 Å². The first-order valence-corrected chi connectivity index (χ1v) is 7.25. The van der Waals surface area contributed by atoms with Crippen LogP contribution in [0.5, 0.6) is 0 Å². The Kier molecular flexibility index (Phi) is 4.73. The van der Waals surface area contributed by atoms with E-state index in [-0.39, 0.29) is 17.1 Å². The summed E-state index contributed by atoms with van der Waals surface area (Å²) in [7, 11) is 0. The zero-order chi connectivity index (χ0) is 14.5. The van der Waals surface area contributed by atoms with Gasteiger partial charge in [0.05, 0.1) is 10.3 Å². The van der Waals surface area contributed by atoms with Crippen LogP contribution in [-0.4, -0.2) is 31.3 Å². The zero-order valence-corrected chi connectivity index (χ0v) is 12.4. The van der Waals surface area contributed by atoms with Gasteiger partial charge < -0.3 is 0 Å². The minimum Gasteiger partial charge on any atom is -0.292 e. The van der Waals surface area contributed by atoms with Crippen LogP contribution in [-0.2, 0) is 4.79 Å². The van der Waals surface area contributed by atoms with Crippen molar-refractivity contribution in [2.24, 2.45) is 0 Å². The Morgan fingerprint density at radius 2 is 2.15 bits per heavy atom. The van der Waals surface area contributed by atoms with Gasteiger partial charge in [0.15, 0.2) is 0 Å². The highest BCUT2D eigenvalue weighted by Crippen LogP contribution is 2.21. The van der Waals surface area contributed by atoms with Gasteiger partial charge in [-0.3, -0.25) is 15.2 Å². The summed E-state index contributed by atoms with van der Waals surface area (Å²) < 4.78 is 0. The maximum Gasteiger partial charge on any atom is 0.248 e. The zero-order valence-electron chi connectivity index (χ0n) is 11.6. The van der Waals surface area contributed by atoms with Crippen molar-refractivity contribution >= 4 is 23.6 Å². The van der Waals surface area contributed by atoms with Gasteiger partial charge in [-0.15, -0.1) is 5.10 Å². The van der Waals surface area contributed by atoms with E-state index >= 15 is 0 Å². The molecule has 0 aliphatic rings. The number of nitrogens with one attached hydrogen (secondary N) is 2. The van der Waals surface area contributed by atoms with Crippen molar-refractivity contribution < 1.29 is 4.79 Å². The molecule has 2 heterocycles. The monoisotopic (exact) mass is 291 g/mol. The molecule has 2 aromatic heterocycles. The fraction of sp³-hybridized carbons (Fsp3) is 0.385. The molecule has 7 heteroatoms. The van der Waals surface area contributed by atoms with Crippen molar-refractivity contribution in [1.29, 1.82) is 0 Å². The van der Waals surface area contributed by atoms with Crippen LogP contribution in [0.2, 0.25) is 0 Å². The Labute approximate surface area is 121 Å². The van der Waals surface area contributed by atoms with Gasteiger partial charge in [-0.1, -0.05) is 31.7 Å². The van der Waals surface area contributed by atoms with Gasteiger partial charge in [-0.05, 0) is 19.1 Å². The molecule has 0 aliphatic carbocycles. The van der Waals surface area contributed by atoms with E-state index in [1.807, 2.05) is 39.0 Å². The number of hydrogen-bond acceptors (Lipinski definition) is 5. The number of carbonyl (C=O) groups excluding carboxylic acids is 1. The molecule has 0 aliphatic heterocycles. The number of thioether (sulfide) groups is 1. The highest BCUT2D eigenvalue weighted by atomic mass is 32.2. The van der Waals surface area contributed by atoms with Crippen molar-refractivity contribution in [2.75, 3.05) is 5.32 Å². The molecule has 0 bridgehead atoms. The first kappa shape index (κ1) is 14.5. The third-order valence-electron chi connectivity index (χ3n) is 2.59. The fourth-order valence-electron chi connectivity index (χ4n) is 1.45. The van der Waals surface area contributed by atoms with E-state index in [4.69, 9.17) is 0 Å². The van der Waals surface area contributed by atoms with Crippen LogP contribution < -0.4 is 5.32 Å². The van der Waals surface area contributed by atoms with E-state index in [2.05, 4.69) is 25.5 Å². The lowest BCUT2D eigenvalue weighted by Crippen LogP contribution is -2.23. The minimum absolute atomic E-state index is 0.144. The molecule has 0 saturated heterocycles. The molecule has 0 fully saturated rings. The van der Waals surface area contributed by atoms with E-state index in [1.54, 1.807) is 6.20 Å². The van der Waals surface area contributed by atoms with Crippen LogP contribution in [0.25, 0.3) is 0 Å². The van der Waals surface area contributed by atoms with Gasteiger partial charge in [0.25, 0.3) is 0 Å². The van der Waals surface area contributed by atoms with Gasteiger partial charge >= 0.3 is 0 Å². The Morgan fingerprint density at radius 3 is 2.75 bits per heavy atom. The van der Waals surface area contributed by atoms with Gasteiger partial charge in [0.2, 0.25) is 11.9 Å². The second kappa shape index (κ2) is 6.51. The first-order chi connectivity index (χ1) is 9.56. The van der Waals surface area contributed by atoms with Crippen molar-refractivity contribution in [2.45, 2.75) is 37.0 Å². The molecule has 1 amide bonds. The summed E-state index contributed by atoms with van der Waals surface area (Å²) in [6, 6.07) is 5.61. The Bertz CT molecular complexity index is 569. The molecular formula is C13H17N5OS. The molecule has 0 aromatic carbocycles. The first-order valence-electron chi connectivity index (χ1n) is 6.37. The number of carbonyl (C=O) groups is 1. The number of hydrogen-bond donors (Lipinski definition) is 2. The molecule has 0 radical (unpaired) electrons. The lowest BCUT2D eigenvalue weighted by atomic mass is 10.2. The molecular weight excluding hydrogens is 274 g/mol. The predicted octanol–water partition coefficient (Wildman–Crippen LogP) is 2.44. The van der Waals surface area contributed by atoms with E-state index in [0.717, 1.165) is 10.9 Å². The SMILES string of the molecule is CC(Sc1ccccn1)C(=O)Nc1n[nH]c(C(C)C)n1. The Balaban J connectivity index is 1.93. The van der Waals surface area contributed by atoms with E-state index in [9.17, 15) is 4.79 Å². The third-order valence-corrected chi connectivity index (χ3v) is 3.64. The molecule has 106 valence electrons. The number of aromatic nitrogens is 4. The molecule has 0 spiro atoms. The summed E-state index contributed by atoms with van der Waals surface area (Å²) in [4.78, 5) is 20.4. The maximum absolute atomic E-state index is 12.0. The van der Waals surface area contributed by atoms with Gasteiger partial charge in [-0.25, -0.2) is 4.98 Å². The summed E-state index contributed by atoms with van der Waals surface area (Å²) >= 11 is 1.40. The third kappa shape index (κ3) is 3.80. The topological polar surface area (TPSA) is 83.6 Å². The average Bonchev–Trinajstić information content (AvgIpc) is 2.88. The maximum atomic E-state index is 12.0. The molecule has 20 heavy (non-hydrogen) atoms. The van der Waals surface area contributed by atoms with Crippen molar-refractivity contribution in [1.82, 2.24) is 20.2 Å². The minimum atomic E-state index is -0.272. The lowest BCUT2D eigenvalue weighted by Gasteiger charge is -2.09. The van der Waals surface area contributed by atoms with Gasteiger partial charge in [-0.2, -0.15) is 4.98 Å². The van der Waals surface area contributed by atoms with Gasteiger partial charge in [0, 0.05) is 12.1 Å². The van der Waals surface area contributed by atoms with E-state index in [0.29, 0.717) is 5.95 Å². The smallest absolute Gasteiger partial charge is 0.248 e. The summed E-state index contributed by atoms with van der Waals surface area (Å²) in [6.07, 6.45) is 1.71. The van der Waals surface area contributed by atoms with Crippen LogP contribution in [0.15, 0.2) is 29.4 Å². The summed E-state index contributed by atoms with van der Waals surface area (Å²) in [6.45, 7) is 5.84. The predicted molar refractivity (Wildman–Crippen MR) is 78.7 cm³/mol. The molecule has 1 unspecified atom stereocenters. The Morgan fingerprint density at radius 1 is 1.35 bits per heavy atom. The molecule has 0 saturated carbocycles. The largest absolute Gasteiger partial charge is 0.292 e. The summed E-state index contributed by atoms with van der Waals surface area (Å²) in [5.41, 5.74) is 0. The molecule has 2 N–H and O–H groups in total. The number of H-pyrrole nitrogens is 1. The summed E-state index contributed by atoms with van der Waals surface area (Å²) in [5, 5.41) is 10.0. The van der Waals surface area contributed by atoms with Crippen molar-refractivity contribution in [3.8, 4) is 0 Å². The molecule has 1 atom stereocenters. The number of amides is 1. The Hall–Kier alpha value is -1.89.